The summed E-state index contributed by atoms with van der Waals surface area (Å²) in [4.78, 5) is 0. The largest absolute Gasteiger partial charge is 0.396 e. The van der Waals surface area contributed by atoms with E-state index in [1.807, 2.05) is 11.8 Å². The van der Waals surface area contributed by atoms with E-state index in [2.05, 4.69) is 6.92 Å². The van der Waals surface area contributed by atoms with Gasteiger partial charge >= 0.3 is 0 Å². The van der Waals surface area contributed by atoms with Crippen molar-refractivity contribution >= 4 is 11.8 Å². The quantitative estimate of drug-likeness (QED) is 0.729. The third kappa shape index (κ3) is 3.78. The van der Waals surface area contributed by atoms with Gasteiger partial charge in [-0.2, -0.15) is 11.8 Å². The molecule has 2 unspecified atom stereocenters. The molecule has 2 atom stereocenters. The van der Waals surface area contributed by atoms with Gasteiger partial charge in [0.25, 0.3) is 0 Å². The number of hydrogen-bond donors (Lipinski definition) is 1. The molecule has 1 rings (SSSR count). The van der Waals surface area contributed by atoms with E-state index in [9.17, 15) is 0 Å². The maximum absolute atomic E-state index is 8.82. The summed E-state index contributed by atoms with van der Waals surface area (Å²) in [7, 11) is 0. The minimum Gasteiger partial charge on any atom is -0.396 e. The molecule has 1 saturated heterocycles. The highest BCUT2D eigenvalue weighted by molar-refractivity contribution is 7.99. The van der Waals surface area contributed by atoms with Gasteiger partial charge in [-0.05, 0) is 24.5 Å². The minimum atomic E-state index is 0.306. The van der Waals surface area contributed by atoms with Gasteiger partial charge in [-0.15, -0.1) is 0 Å². The van der Waals surface area contributed by atoms with Gasteiger partial charge in [0.2, 0.25) is 0 Å². The average molecular weight is 190 g/mol. The lowest BCUT2D eigenvalue weighted by Crippen LogP contribution is -2.21. The van der Waals surface area contributed by atoms with Crippen molar-refractivity contribution in [1.82, 2.24) is 0 Å². The Hall–Kier alpha value is 0.270. The molecule has 1 aliphatic heterocycles. The fraction of sp³-hybridized carbons (Fsp3) is 1.00. The maximum atomic E-state index is 8.82. The van der Waals surface area contributed by atoms with E-state index < -0.39 is 0 Å². The van der Waals surface area contributed by atoms with Gasteiger partial charge in [-0.1, -0.05) is 6.92 Å². The van der Waals surface area contributed by atoms with Gasteiger partial charge in [-0.3, -0.25) is 0 Å². The van der Waals surface area contributed by atoms with E-state index in [4.69, 9.17) is 9.84 Å². The van der Waals surface area contributed by atoms with Crippen molar-refractivity contribution in [2.75, 3.05) is 25.6 Å². The SMILES string of the molecule is CC(CO)CSC1CCCOC1. The van der Waals surface area contributed by atoms with Gasteiger partial charge in [0, 0.05) is 18.5 Å². The summed E-state index contributed by atoms with van der Waals surface area (Å²) < 4.78 is 5.36. The molecule has 1 fully saturated rings. The molecule has 0 radical (unpaired) electrons. The Kier molecular flexibility index (Phi) is 5.04. The van der Waals surface area contributed by atoms with Crippen molar-refractivity contribution in [2.24, 2.45) is 5.92 Å². The fourth-order valence-electron chi connectivity index (χ4n) is 1.20. The molecule has 0 spiro atoms. The van der Waals surface area contributed by atoms with Crippen molar-refractivity contribution < 1.29 is 9.84 Å². The van der Waals surface area contributed by atoms with Crippen LogP contribution < -0.4 is 0 Å². The third-order valence-corrected chi connectivity index (χ3v) is 3.65. The summed E-state index contributed by atoms with van der Waals surface area (Å²) in [6.07, 6.45) is 2.48. The summed E-state index contributed by atoms with van der Waals surface area (Å²) in [5.74, 6) is 1.49. The van der Waals surface area contributed by atoms with Crippen LogP contribution in [0.1, 0.15) is 19.8 Å². The number of thioether (sulfide) groups is 1. The van der Waals surface area contributed by atoms with Crippen molar-refractivity contribution in [1.29, 1.82) is 0 Å². The number of ether oxygens (including phenoxy) is 1. The molecular formula is C9H18O2S. The van der Waals surface area contributed by atoms with Gasteiger partial charge < -0.3 is 9.84 Å². The van der Waals surface area contributed by atoms with Crippen molar-refractivity contribution in [3.63, 3.8) is 0 Å². The van der Waals surface area contributed by atoms with Crippen LogP contribution in [-0.2, 0) is 4.74 Å². The topological polar surface area (TPSA) is 29.5 Å². The molecule has 1 N–H and O–H groups in total. The van der Waals surface area contributed by atoms with Crippen LogP contribution in [0, 0.1) is 5.92 Å². The van der Waals surface area contributed by atoms with Gasteiger partial charge in [0.05, 0.1) is 6.61 Å². The Bertz CT molecular complexity index is 113. The number of aliphatic hydroxyl groups excluding tert-OH is 1. The molecule has 1 aliphatic rings. The molecule has 0 saturated carbocycles. The first-order valence-electron chi connectivity index (χ1n) is 4.63. The predicted molar refractivity (Wildman–Crippen MR) is 52.5 cm³/mol. The first-order chi connectivity index (χ1) is 5.83. The smallest absolute Gasteiger partial charge is 0.0585 e. The monoisotopic (exact) mass is 190 g/mol. The molecule has 0 aliphatic carbocycles. The van der Waals surface area contributed by atoms with Gasteiger partial charge in [0.15, 0.2) is 0 Å². The molecule has 0 aromatic rings. The number of rotatable bonds is 4. The number of hydrogen-bond acceptors (Lipinski definition) is 3. The lowest BCUT2D eigenvalue weighted by Gasteiger charge is -2.22. The lowest BCUT2D eigenvalue weighted by molar-refractivity contribution is 0.101. The second-order valence-electron chi connectivity index (χ2n) is 3.46. The van der Waals surface area contributed by atoms with E-state index in [-0.39, 0.29) is 0 Å². The first-order valence-corrected chi connectivity index (χ1v) is 5.68. The summed E-state index contributed by atoms with van der Waals surface area (Å²) in [6.45, 7) is 4.23. The Labute approximate surface area is 78.7 Å². The van der Waals surface area contributed by atoms with Crippen LogP contribution in [0.4, 0.5) is 0 Å². The van der Waals surface area contributed by atoms with E-state index in [0.29, 0.717) is 17.8 Å². The summed E-state index contributed by atoms with van der Waals surface area (Å²) >= 11 is 1.95. The molecule has 0 bridgehead atoms. The summed E-state index contributed by atoms with van der Waals surface area (Å²) in [6, 6.07) is 0. The van der Waals surface area contributed by atoms with Crippen LogP contribution in [0.15, 0.2) is 0 Å². The average Bonchev–Trinajstić information content (AvgIpc) is 2.16. The van der Waals surface area contributed by atoms with Crippen molar-refractivity contribution in [2.45, 2.75) is 25.0 Å². The Morgan fingerprint density at radius 3 is 3.08 bits per heavy atom. The summed E-state index contributed by atoms with van der Waals surface area (Å²) in [5.41, 5.74) is 0. The summed E-state index contributed by atoms with van der Waals surface area (Å²) in [5, 5.41) is 9.49. The zero-order valence-electron chi connectivity index (χ0n) is 7.66. The Morgan fingerprint density at radius 2 is 2.50 bits per heavy atom. The highest BCUT2D eigenvalue weighted by Crippen LogP contribution is 2.22. The van der Waals surface area contributed by atoms with Crippen LogP contribution in [0.5, 0.6) is 0 Å². The molecule has 72 valence electrons. The van der Waals surface area contributed by atoms with Gasteiger partial charge in [0.1, 0.15) is 0 Å². The third-order valence-electron chi connectivity index (χ3n) is 2.05. The van der Waals surface area contributed by atoms with E-state index in [1.54, 1.807) is 0 Å². The highest BCUT2D eigenvalue weighted by Gasteiger charge is 2.14. The molecule has 12 heavy (non-hydrogen) atoms. The van der Waals surface area contributed by atoms with Crippen LogP contribution in [0.25, 0.3) is 0 Å². The van der Waals surface area contributed by atoms with Crippen molar-refractivity contribution in [3.8, 4) is 0 Å². The molecular weight excluding hydrogens is 172 g/mol. The second-order valence-corrected chi connectivity index (χ2v) is 4.79. The first kappa shape index (κ1) is 10.4. The maximum Gasteiger partial charge on any atom is 0.0585 e. The molecule has 0 aromatic heterocycles. The normalized spacial score (nSPS) is 27.0. The van der Waals surface area contributed by atoms with Gasteiger partial charge in [-0.25, -0.2) is 0 Å². The van der Waals surface area contributed by atoms with Crippen molar-refractivity contribution in [3.05, 3.63) is 0 Å². The zero-order chi connectivity index (χ0) is 8.81. The molecule has 2 nitrogen and oxygen atoms in total. The van der Waals surface area contributed by atoms with Crippen LogP contribution in [0.3, 0.4) is 0 Å². The number of aliphatic hydroxyl groups is 1. The predicted octanol–water partition coefficient (Wildman–Crippen LogP) is 1.53. The minimum absolute atomic E-state index is 0.306. The lowest BCUT2D eigenvalue weighted by atomic mass is 10.2. The van der Waals surface area contributed by atoms with Crippen LogP contribution in [-0.4, -0.2) is 35.9 Å². The molecule has 3 heteroatoms. The Balaban J connectivity index is 2.05. The fourth-order valence-corrected chi connectivity index (χ4v) is 2.43. The van der Waals surface area contributed by atoms with E-state index in [0.717, 1.165) is 19.0 Å². The van der Waals surface area contributed by atoms with E-state index in [1.165, 1.54) is 12.8 Å². The second kappa shape index (κ2) is 5.84. The van der Waals surface area contributed by atoms with Crippen LogP contribution in [0.2, 0.25) is 0 Å². The van der Waals surface area contributed by atoms with Crippen LogP contribution >= 0.6 is 11.8 Å². The molecule has 0 aromatic carbocycles. The molecule has 0 amide bonds. The Morgan fingerprint density at radius 1 is 1.67 bits per heavy atom. The molecule has 1 heterocycles. The van der Waals surface area contributed by atoms with E-state index >= 15 is 0 Å². The highest BCUT2D eigenvalue weighted by atomic mass is 32.2. The zero-order valence-corrected chi connectivity index (χ0v) is 8.48. The standard InChI is InChI=1S/C9H18O2S/c1-8(5-10)7-12-9-3-2-4-11-6-9/h8-10H,2-7H2,1H3.